The van der Waals surface area contributed by atoms with Crippen molar-refractivity contribution in [1.29, 1.82) is 0 Å². The number of aliphatic carboxylic acids is 1. The zero-order chi connectivity index (χ0) is 12.8. The van der Waals surface area contributed by atoms with E-state index in [1.54, 1.807) is 0 Å². The number of carbonyl (C=O) groups is 1. The molecule has 0 bridgehead atoms. The highest BCUT2D eigenvalue weighted by Crippen LogP contribution is 2.15. The van der Waals surface area contributed by atoms with E-state index in [-0.39, 0.29) is 13.0 Å². The van der Waals surface area contributed by atoms with E-state index in [2.05, 4.69) is 30.3 Å². The van der Waals surface area contributed by atoms with Crippen molar-refractivity contribution in [3.63, 3.8) is 0 Å². The number of carboxylic acids is 1. The lowest BCUT2D eigenvalue weighted by Crippen LogP contribution is -2.05. The third kappa shape index (κ3) is 3.57. The molecule has 3 heteroatoms. The van der Waals surface area contributed by atoms with Gasteiger partial charge in [0.25, 0.3) is 0 Å². The summed E-state index contributed by atoms with van der Waals surface area (Å²) in [5, 5.41) is 10.9. The highest BCUT2D eigenvalue weighted by Gasteiger charge is 1.98. The molecule has 0 radical (unpaired) electrons. The quantitative estimate of drug-likeness (QED) is 0.795. The average molecular weight is 244 g/mol. The van der Waals surface area contributed by atoms with E-state index < -0.39 is 5.97 Å². The Morgan fingerprint density at radius 2 is 1.83 bits per heavy atom. The minimum atomic E-state index is -0.819. The third-order valence-corrected chi connectivity index (χ3v) is 2.81. The van der Waals surface area contributed by atoms with Crippen LogP contribution in [-0.2, 0) is 16.0 Å². The fourth-order valence-electron chi connectivity index (χ4n) is 1.85. The van der Waals surface area contributed by atoms with Gasteiger partial charge in [0.1, 0.15) is 0 Å². The Morgan fingerprint density at radius 1 is 1.06 bits per heavy atom. The molecule has 0 atom stereocenters. The van der Waals surface area contributed by atoms with Crippen molar-refractivity contribution in [3.8, 4) is 0 Å². The van der Waals surface area contributed by atoms with Crippen LogP contribution in [0, 0.1) is 0 Å². The van der Waals surface area contributed by atoms with Gasteiger partial charge in [-0.05, 0) is 22.8 Å². The number of hydrogen-bond acceptors (Lipinski definition) is 2. The van der Waals surface area contributed by atoms with Crippen LogP contribution in [0.15, 0.2) is 42.5 Å². The Morgan fingerprint density at radius 3 is 2.61 bits per heavy atom. The Kier molecular flexibility index (Phi) is 4.31. The highest BCUT2D eigenvalue weighted by atomic mass is 16.5. The van der Waals surface area contributed by atoms with E-state index in [1.165, 1.54) is 16.3 Å². The SMILES string of the molecule is O=C(O)CCOCCc1ccc2ccccc2c1. The van der Waals surface area contributed by atoms with Crippen LogP contribution in [0.2, 0.25) is 0 Å². The number of fused-ring (bicyclic) bond motifs is 1. The molecule has 0 aliphatic heterocycles. The maximum absolute atomic E-state index is 10.3. The molecule has 0 fully saturated rings. The van der Waals surface area contributed by atoms with Gasteiger partial charge < -0.3 is 9.84 Å². The highest BCUT2D eigenvalue weighted by molar-refractivity contribution is 5.82. The fourth-order valence-corrected chi connectivity index (χ4v) is 1.85. The van der Waals surface area contributed by atoms with Crippen LogP contribution in [0.3, 0.4) is 0 Å². The van der Waals surface area contributed by atoms with Crippen molar-refractivity contribution in [2.75, 3.05) is 13.2 Å². The first kappa shape index (κ1) is 12.6. The minimum Gasteiger partial charge on any atom is -0.481 e. The van der Waals surface area contributed by atoms with Crippen molar-refractivity contribution in [3.05, 3.63) is 48.0 Å². The predicted molar refractivity (Wildman–Crippen MR) is 70.7 cm³/mol. The Bertz CT molecular complexity index is 534. The van der Waals surface area contributed by atoms with Crippen LogP contribution < -0.4 is 0 Å². The van der Waals surface area contributed by atoms with E-state index >= 15 is 0 Å². The molecule has 0 amide bonds. The largest absolute Gasteiger partial charge is 0.481 e. The van der Waals surface area contributed by atoms with Gasteiger partial charge in [-0.2, -0.15) is 0 Å². The van der Waals surface area contributed by atoms with Crippen molar-refractivity contribution in [1.82, 2.24) is 0 Å². The molecule has 2 aromatic carbocycles. The lowest BCUT2D eigenvalue weighted by atomic mass is 10.1. The normalized spacial score (nSPS) is 10.7. The molecule has 0 spiro atoms. The van der Waals surface area contributed by atoms with Gasteiger partial charge in [0.2, 0.25) is 0 Å². The number of hydrogen-bond donors (Lipinski definition) is 1. The molecule has 1 N–H and O–H groups in total. The van der Waals surface area contributed by atoms with Crippen LogP contribution in [0.1, 0.15) is 12.0 Å². The Hall–Kier alpha value is -1.87. The van der Waals surface area contributed by atoms with Gasteiger partial charge >= 0.3 is 5.97 Å². The maximum Gasteiger partial charge on any atom is 0.305 e. The molecule has 0 aliphatic rings. The van der Waals surface area contributed by atoms with Crippen LogP contribution in [0.5, 0.6) is 0 Å². The molecule has 94 valence electrons. The van der Waals surface area contributed by atoms with Gasteiger partial charge in [-0.15, -0.1) is 0 Å². The summed E-state index contributed by atoms with van der Waals surface area (Å²) in [6, 6.07) is 14.6. The van der Waals surface area contributed by atoms with Crippen LogP contribution >= 0.6 is 0 Å². The summed E-state index contributed by atoms with van der Waals surface area (Å²) in [5.74, 6) is -0.819. The number of carboxylic acid groups (broad SMARTS) is 1. The lowest BCUT2D eigenvalue weighted by molar-refractivity contribution is -0.138. The summed E-state index contributed by atoms with van der Waals surface area (Å²) in [6.07, 6.45) is 0.877. The van der Waals surface area contributed by atoms with Gasteiger partial charge in [-0.3, -0.25) is 4.79 Å². The summed E-state index contributed by atoms with van der Waals surface area (Å²) in [6.45, 7) is 0.842. The maximum atomic E-state index is 10.3. The summed E-state index contributed by atoms with van der Waals surface area (Å²) < 4.78 is 5.28. The van der Waals surface area contributed by atoms with Gasteiger partial charge in [0, 0.05) is 0 Å². The predicted octanol–water partition coefficient (Wildman–Crippen LogP) is 2.87. The summed E-state index contributed by atoms with van der Waals surface area (Å²) in [7, 11) is 0. The summed E-state index contributed by atoms with van der Waals surface area (Å²) >= 11 is 0. The zero-order valence-corrected chi connectivity index (χ0v) is 10.1. The van der Waals surface area contributed by atoms with Crippen LogP contribution in [0.4, 0.5) is 0 Å². The smallest absolute Gasteiger partial charge is 0.305 e. The first-order valence-corrected chi connectivity index (χ1v) is 6.03. The molecule has 0 saturated heterocycles. The van der Waals surface area contributed by atoms with E-state index in [4.69, 9.17) is 9.84 Å². The molecule has 0 unspecified atom stereocenters. The van der Waals surface area contributed by atoms with Crippen molar-refractivity contribution in [2.24, 2.45) is 0 Å². The number of benzene rings is 2. The van der Waals surface area contributed by atoms with Gasteiger partial charge in [-0.25, -0.2) is 0 Å². The zero-order valence-electron chi connectivity index (χ0n) is 10.1. The molecule has 0 aliphatic carbocycles. The van der Waals surface area contributed by atoms with E-state index in [0.717, 1.165) is 6.42 Å². The van der Waals surface area contributed by atoms with Crippen LogP contribution in [-0.4, -0.2) is 24.3 Å². The van der Waals surface area contributed by atoms with E-state index in [0.29, 0.717) is 6.61 Å². The van der Waals surface area contributed by atoms with Gasteiger partial charge in [-0.1, -0.05) is 42.5 Å². The second-order valence-electron chi connectivity index (χ2n) is 4.19. The summed E-state index contributed by atoms with van der Waals surface area (Å²) in [4.78, 5) is 10.3. The van der Waals surface area contributed by atoms with Gasteiger partial charge in [0.15, 0.2) is 0 Å². The second-order valence-corrected chi connectivity index (χ2v) is 4.19. The molecular weight excluding hydrogens is 228 g/mol. The van der Waals surface area contributed by atoms with Crippen molar-refractivity contribution < 1.29 is 14.6 Å². The monoisotopic (exact) mass is 244 g/mol. The molecule has 0 aromatic heterocycles. The van der Waals surface area contributed by atoms with Crippen molar-refractivity contribution >= 4 is 16.7 Å². The third-order valence-electron chi connectivity index (χ3n) is 2.81. The fraction of sp³-hybridized carbons (Fsp3) is 0.267. The van der Waals surface area contributed by atoms with Gasteiger partial charge in [0.05, 0.1) is 19.6 Å². The number of ether oxygens (including phenoxy) is 1. The molecule has 18 heavy (non-hydrogen) atoms. The minimum absolute atomic E-state index is 0.0672. The lowest BCUT2D eigenvalue weighted by Gasteiger charge is -2.04. The molecule has 2 aromatic rings. The first-order chi connectivity index (χ1) is 8.75. The average Bonchev–Trinajstić information content (AvgIpc) is 2.38. The molecule has 0 heterocycles. The molecule has 3 nitrogen and oxygen atoms in total. The first-order valence-electron chi connectivity index (χ1n) is 6.03. The van der Waals surface area contributed by atoms with Crippen molar-refractivity contribution in [2.45, 2.75) is 12.8 Å². The van der Waals surface area contributed by atoms with E-state index in [9.17, 15) is 4.79 Å². The standard InChI is InChI=1S/C15H16O3/c16-15(17)8-10-18-9-7-12-5-6-13-3-1-2-4-14(13)11-12/h1-6,11H,7-10H2,(H,16,17). The summed E-state index contributed by atoms with van der Waals surface area (Å²) in [5.41, 5.74) is 1.21. The second kappa shape index (κ2) is 6.17. The Balaban J connectivity index is 1.86. The number of rotatable bonds is 6. The molecular formula is C15H16O3. The molecule has 0 saturated carbocycles. The van der Waals surface area contributed by atoms with E-state index in [1.807, 2.05) is 12.1 Å². The Labute approximate surface area is 106 Å². The molecule has 2 rings (SSSR count). The topological polar surface area (TPSA) is 46.5 Å². The van der Waals surface area contributed by atoms with Crippen LogP contribution in [0.25, 0.3) is 10.8 Å².